The standard InChI is InChI=1S/C10H14F3N3O/c1-3-4-7-8(14)15-5-16-9(7)17-6(2)10(11,12)13/h5-6H,3-4H2,1-2H3,(H2,14,15,16). The maximum atomic E-state index is 12.4. The number of nitrogen functional groups attached to an aromatic ring is 1. The van der Waals surface area contributed by atoms with Gasteiger partial charge >= 0.3 is 6.18 Å². The van der Waals surface area contributed by atoms with E-state index in [0.717, 1.165) is 13.3 Å². The first kappa shape index (κ1) is 13.5. The number of alkyl halides is 3. The van der Waals surface area contributed by atoms with Crippen molar-refractivity contribution in [3.05, 3.63) is 11.9 Å². The van der Waals surface area contributed by atoms with Crippen molar-refractivity contribution in [3.8, 4) is 5.88 Å². The largest absolute Gasteiger partial charge is 0.465 e. The van der Waals surface area contributed by atoms with Gasteiger partial charge in [-0.2, -0.15) is 13.2 Å². The molecule has 1 heterocycles. The minimum absolute atomic E-state index is 0.0934. The van der Waals surface area contributed by atoms with Crippen LogP contribution in [0.1, 0.15) is 25.8 Å². The molecule has 0 radical (unpaired) electrons. The molecule has 7 heteroatoms. The van der Waals surface area contributed by atoms with Gasteiger partial charge in [-0.25, -0.2) is 9.97 Å². The van der Waals surface area contributed by atoms with Crippen LogP contribution in [0.3, 0.4) is 0 Å². The summed E-state index contributed by atoms with van der Waals surface area (Å²) in [7, 11) is 0. The first-order chi connectivity index (χ1) is 7.86. The van der Waals surface area contributed by atoms with Crippen LogP contribution >= 0.6 is 0 Å². The summed E-state index contributed by atoms with van der Waals surface area (Å²) >= 11 is 0. The van der Waals surface area contributed by atoms with Gasteiger partial charge in [-0.05, 0) is 13.3 Å². The van der Waals surface area contributed by atoms with Crippen LogP contribution in [0.15, 0.2) is 6.33 Å². The zero-order chi connectivity index (χ0) is 13.1. The molecular formula is C10H14F3N3O. The molecule has 96 valence electrons. The number of nitrogens with two attached hydrogens (primary N) is 1. The number of halogens is 3. The molecule has 0 bridgehead atoms. The second-order valence-corrected chi connectivity index (χ2v) is 3.59. The molecule has 0 saturated heterocycles. The van der Waals surface area contributed by atoms with Crippen LogP contribution in [0.4, 0.5) is 19.0 Å². The summed E-state index contributed by atoms with van der Waals surface area (Å²) in [6.45, 7) is 2.80. The number of nitrogens with zero attached hydrogens (tertiary/aromatic N) is 2. The summed E-state index contributed by atoms with van der Waals surface area (Å²) in [5.41, 5.74) is 6.00. The molecule has 1 aromatic rings. The topological polar surface area (TPSA) is 61.0 Å². The van der Waals surface area contributed by atoms with E-state index in [-0.39, 0.29) is 11.7 Å². The molecular weight excluding hydrogens is 235 g/mol. The number of aromatic nitrogens is 2. The van der Waals surface area contributed by atoms with Gasteiger partial charge in [0.25, 0.3) is 0 Å². The van der Waals surface area contributed by atoms with Crippen molar-refractivity contribution in [2.45, 2.75) is 39.0 Å². The lowest BCUT2D eigenvalue weighted by Crippen LogP contribution is -2.32. The highest BCUT2D eigenvalue weighted by atomic mass is 19.4. The number of ether oxygens (including phenoxy) is 1. The van der Waals surface area contributed by atoms with Crippen LogP contribution in [-0.4, -0.2) is 22.2 Å². The highest BCUT2D eigenvalue weighted by Crippen LogP contribution is 2.27. The van der Waals surface area contributed by atoms with E-state index in [1.165, 1.54) is 0 Å². The van der Waals surface area contributed by atoms with Crippen molar-refractivity contribution in [2.75, 3.05) is 5.73 Å². The fourth-order valence-corrected chi connectivity index (χ4v) is 1.23. The zero-order valence-corrected chi connectivity index (χ0v) is 9.58. The van der Waals surface area contributed by atoms with Gasteiger partial charge in [0.05, 0.1) is 5.56 Å². The average Bonchev–Trinajstić information content (AvgIpc) is 2.21. The summed E-state index contributed by atoms with van der Waals surface area (Å²) in [5, 5.41) is 0. The number of anilines is 1. The molecule has 0 aliphatic rings. The quantitative estimate of drug-likeness (QED) is 0.889. The Morgan fingerprint density at radius 1 is 1.41 bits per heavy atom. The van der Waals surface area contributed by atoms with Gasteiger partial charge < -0.3 is 10.5 Å². The molecule has 0 spiro atoms. The van der Waals surface area contributed by atoms with Gasteiger partial charge in [-0.3, -0.25) is 0 Å². The molecule has 0 amide bonds. The highest BCUT2D eigenvalue weighted by Gasteiger charge is 2.38. The van der Waals surface area contributed by atoms with Crippen molar-refractivity contribution in [2.24, 2.45) is 0 Å². The predicted octanol–water partition coefficient (Wildman–Crippen LogP) is 2.34. The Balaban J connectivity index is 2.94. The Labute approximate surface area is 97.0 Å². The third-order valence-corrected chi connectivity index (χ3v) is 2.19. The van der Waals surface area contributed by atoms with Crippen LogP contribution in [0.25, 0.3) is 0 Å². The summed E-state index contributed by atoms with van der Waals surface area (Å²) in [6.07, 6.45) is -4.07. The first-order valence-corrected chi connectivity index (χ1v) is 5.19. The fraction of sp³-hybridized carbons (Fsp3) is 0.600. The summed E-state index contributed by atoms with van der Waals surface area (Å²) in [6, 6.07) is 0. The summed E-state index contributed by atoms with van der Waals surface area (Å²) in [5.74, 6) is 0.0652. The van der Waals surface area contributed by atoms with E-state index in [0.29, 0.717) is 18.4 Å². The van der Waals surface area contributed by atoms with Gasteiger partial charge in [0.15, 0.2) is 6.10 Å². The molecule has 4 nitrogen and oxygen atoms in total. The molecule has 1 aromatic heterocycles. The molecule has 0 fully saturated rings. The third kappa shape index (κ3) is 3.47. The van der Waals surface area contributed by atoms with Crippen molar-refractivity contribution in [1.82, 2.24) is 9.97 Å². The Bertz CT molecular complexity index is 382. The minimum Gasteiger partial charge on any atom is -0.465 e. The molecule has 0 aliphatic heterocycles. The van der Waals surface area contributed by atoms with Crippen LogP contribution in [0, 0.1) is 0 Å². The molecule has 0 aliphatic carbocycles. The van der Waals surface area contributed by atoms with E-state index in [1.807, 2.05) is 6.92 Å². The lowest BCUT2D eigenvalue weighted by atomic mass is 10.2. The van der Waals surface area contributed by atoms with Crippen LogP contribution < -0.4 is 10.5 Å². The molecule has 2 N–H and O–H groups in total. The van der Waals surface area contributed by atoms with E-state index in [4.69, 9.17) is 10.5 Å². The Morgan fingerprint density at radius 2 is 2.06 bits per heavy atom. The third-order valence-electron chi connectivity index (χ3n) is 2.19. The lowest BCUT2D eigenvalue weighted by Gasteiger charge is -2.18. The lowest BCUT2D eigenvalue weighted by molar-refractivity contribution is -0.190. The fourth-order valence-electron chi connectivity index (χ4n) is 1.23. The predicted molar refractivity (Wildman–Crippen MR) is 56.6 cm³/mol. The Morgan fingerprint density at radius 3 is 2.59 bits per heavy atom. The van der Waals surface area contributed by atoms with Crippen LogP contribution in [-0.2, 0) is 6.42 Å². The van der Waals surface area contributed by atoms with Crippen molar-refractivity contribution < 1.29 is 17.9 Å². The van der Waals surface area contributed by atoms with Crippen LogP contribution in [0.2, 0.25) is 0 Å². The van der Waals surface area contributed by atoms with E-state index < -0.39 is 12.3 Å². The monoisotopic (exact) mass is 249 g/mol. The van der Waals surface area contributed by atoms with Crippen molar-refractivity contribution >= 4 is 5.82 Å². The van der Waals surface area contributed by atoms with Gasteiger partial charge in [0.2, 0.25) is 5.88 Å². The SMILES string of the molecule is CCCc1c(N)ncnc1OC(C)C(F)(F)F. The highest BCUT2D eigenvalue weighted by molar-refractivity contribution is 5.44. The van der Waals surface area contributed by atoms with Gasteiger partial charge in [0, 0.05) is 0 Å². The minimum atomic E-state index is -4.43. The number of hydrogen-bond donors (Lipinski definition) is 1. The number of hydrogen-bond acceptors (Lipinski definition) is 4. The van der Waals surface area contributed by atoms with E-state index >= 15 is 0 Å². The first-order valence-electron chi connectivity index (χ1n) is 5.19. The molecule has 1 rings (SSSR count). The second-order valence-electron chi connectivity index (χ2n) is 3.59. The maximum absolute atomic E-state index is 12.4. The zero-order valence-electron chi connectivity index (χ0n) is 9.58. The summed E-state index contributed by atoms with van der Waals surface area (Å²) in [4.78, 5) is 7.43. The van der Waals surface area contributed by atoms with Gasteiger partial charge in [-0.1, -0.05) is 13.3 Å². The van der Waals surface area contributed by atoms with Gasteiger partial charge in [0.1, 0.15) is 12.1 Å². The normalized spacial score (nSPS) is 13.5. The second kappa shape index (κ2) is 5.20. The molecule has 0 saturated carbocycles. The van der Waals surface area contributed by atoms with Crippen molar-refractivity contribution in [3.63, 3.8) is 0 Å². The van der Waals surface area contributed by atoms with E-state index in [2.05, 4.69) is 9.97 Å². The summed E-state index contributed by atoms with van der Waals surface area (Å²) < 4.78 is 41.8. The molecule has 1 unspecified atom stereocenters. The Kier molecular flexibility index (Phi) is 4.14. The molecule has 17 heavy (non-hydrogen) atoms. The van der Waals surface area contributed by atoms with Gasteiger partial charge in [-0.15, -0.1) is 0 Å². The van der Waals surface area contributed by atoms with Crippen molar-refractivity contribution in [1.29, 1.82) is 0 Å². The maximum Gasteiger partial charge on any atom is 0.425 e. The van der Waals surface area contributed by atoms with Crippen LogP contribution in [0.5, 0.6) is 5.88 Å². The molecule has 1 atom stereocenters. The average molecular weight is 249 g/mol. The van der Waals surface area contributed by atoms with E-state index in [9.17, 15) is 13.2 Å². The van der Waals surface area contributed by atoms with E-state index in [1.54, 1.807) is 0 Å². The Hall–Kier alpha value is -1.53. The molecule has 0 aromatic carbocycles. The number of rotatable bonds is 4. The smallest absolute Gasteiger partial charge is 0.425 e.